The van der Waals surface area contributed by atoms with Crippen LogP contribution in [0.15, 0.2) is 24.4 Å². The van der Waals surface area contributed by atoms with E-state index in [-0.39, 0.29) is 5.56 Å². The third-order valence-electron chi connectivity index (χ3n) is 5.46. The molecule has 1 N–H and O–H groups in total. The van der Waals surface area contributed by atoms with Crippen LogP contribution in [0.2, 0.25) is 16.6 Å². The molecule has 5 heteroatoms. The number of carboxylic acid groups (broad SMARTS) is 1. The third kappa shape index (κ3) is 2.55. The highest BCUT2D eigenvalue weighted by Gasteiger charge is 2.45. The second-order valence-electron chi connectivity index (χ2n) is 7.42. The number of nitrogens with zero attached hydrogens (tertiary/aromatic N) is 1. The smallest absolute Gasteiger partial charge is 0.340 e. The van der Waals surface area contributed by atoms with E-state index in [1.807, 2.05) is 12.1 Å². The Morgan fingerprint density at radius 1 is 1.04 bits per heavy atom. The molecule has 132 valence electrons. The summed E-state index contributed by atoms with van der Waals surface area (Å²) in [5, 5.41) is 10.4. The van der Waals surface area contributed by atoms with Crippen molar-refractivity contribution in [2.45, 2.75) is 58.2 Å². The van der Waals surface area contributed by atoms with Gasteiger partial charge in [0.25, 0.3) is 0 Å². The van der Waals surface area contributed by atoms with Gasteiger partial charge in [-0.05, 0) is 41.0 Å². The van der Waals surface area contributed by atoms with E-state index in [4.69, 9.17) is 4.74 Å². The molecule has 0 aliphatic carbocycles. The topological polar surface area (TPSA) is 51.5 Å². The highest BCUT2D eigenvalue weighted by molar-refractivity contribution is 6.82. The normalized spacial score (nSPS) is 12.6. The first-order valence-electron chi connectivity index (χ1n) is 8.61. The molecule has 1 heterocycles. The van der Waals surface area contributed by atoms with Crippen molar-refractivity contribution >= 4 is 25.1 Å². The Kier molecular flexibility index (Phi) is 5.13. The van der Waals surface area contributed by atoms with E-state index < -0.39 is 14.2 Å². The van der Waals surface area contributed by atoms with Crippen LogP contribution in [-0.2, 0) is 0 Å². The van der Waals surface area contributed by atoms with Crippen LogP contribution in [0.25, 0.3) is 10.9 Å². The Labute approximate surface area is 145 Å². The first-order valence-corrected chi connectivity index (χ1v) is 10.8. The average Bonchev–Trinajstić information content (AvgIpc) is 2.89. The lowest BCUT2D eigenvalue weighted by molar-refractivity contribution is 0.0695. The number of hydrogen-bond acceptors (Lipinski definition) is 2. The number of methoxy groups -OCH3 is 1. The standard InChI is InChI=1S/C19H29NO3Si/c1-12(2)24(13(3)4,14(5)6)20-11-10-15-16(20)8-9-17(23-7)18(15)19(21)22/h8-14H,1-7H3,(H,21,22). The van der Waals surface area contributed by atoms with Gasteiger partial charge in [0.15, 0.2) is 8.24 Å². The Hall–Kier alpha value is -1.75. The maximum Gasteiger partial charge on any atom is 0.340 e. The second-order valence-corrected chi connectivity index (χ2v) is 13.1. The summed E-state index contributed by atoms with van der Waals surface area (Å²) in [6, 6.07) is 5.73. The van der Waals surface area contributed by atoms with Crippen LogP contribution in [0.4, 0.5) is 0 Å². The molecule has 0 fully saturated rings. The van der Waals surface area contributed by atoms with Crippen LogP contribution >= 0.6 is 0 Å². The summed E-state index contributed by atoms with van der Waals surface area (Å²) < 4.78 is 7.70. The minimum Gasteiger partial charge on any atom is -0.496 e. The van der Waals surface area contributed by atoms with Crippen molar-refractivity contribution in [2.24, 2.45) is 0 Å². The van der Waals surface area contributed by atoms with Gasteiger partial charge in [0.1, 0.15) is 11.3 Å². The van der Waals surface area contributed by atoms with Crippen LogP contribution < -0.4 is 4.74 Å². The first kappa shape index (κ1) is 18.6. The molecular formula is C19H29NO3Si. The molecule has 0 saturated heterocycles. The van der Waals surface area contributed by atoms with Crippen molar-refractivity contribution in [2.75, 3.05) is 7.11 Å². The van der Waals surface area contributed by atoms with E-state index in [1.54, 1.807) is 6.07 Å². The molecule has 24 heavy (non-hydrogen) atoms. The van der Waals surface area contributed by atoms with Gasteiger partial charge in [-0.1, -0.05) is 41.5 Å². The summed E-state index contributed by atoms with van der Waals surface area (Å²) in [4.78, 5) is 11.8. The van der Waals surface area contributed by atoms with Crippen LogP contribution in [0, 0.1) is 0 Å². The number of hydrogen-bond donors (Lipinski definition) is 1. The molecule has 0 aliphatic rings. The fourth-order valence-electron chi connectivity index (χ4n) is 4.76. The van der Waals surface area contributed by atoms with Crippen molar-refractivity contribution in [3.05, 3.63) is 30.0 Å². The molecule has 2 aromatic rings. The minimum atomic E-state index is -1.92. The molecule has 2 rings (SSSR count). The number of aromatic carboxylic acids is 1. The van der Waals surface area contributed by atoms with Crippen molar-refractivity contribution in [1.29, 1.82) is 0 Å². The summed E-state index contributed by atoms with van der Waals surface area (Å²) in [6.45, 7) is 13.8. The van der Waals surface area contributed by atoms with Gasteiger partial charge in [-0.2, -0.15) is 0 Å². The van der Waals surface area contributed by atoms with Crippen molar-refractivity contribution in [3.8, 4) is 5.75 Å². The van der Waals surface area contributed by atoms with Crippen molar-refractivity contribution in [3.63, 3.8) is 0 Å². The molecule has 0 saturated carbocycles. The lowest BCUT2D eigenvalue weighted by Crippen LogP contribution is -2.51. The predicted octanol–water partition coefficient (Wildman–Crippen LogP) is 5.37. The van der Waals surface area contributed by atoms with Crippen LogP contribution in [-0.4, -0.2) is 30.7 Å². The van der Waals surface area contributed by atoms with Gasteiger partial charge >= 0.3 is 5.97 Å². The number of carboxylic acids is 1. The molecule has 0 spiro atoms. The molecule has 0 aliphatic heterocycles. The Morgan fingerprint density at radius 3 is 2.00 bits per heavy atom. The van der Waals surface area contributed by atoms with E-state index >= 15 is 0 Å². The molecule has 0 atom stereocenters. The van der Waals surface area contributed by atoms with E-state index in [2.05, 4.69) is 52.0 Å². The first-order chi connectivity index (χ1) is 11.2. The number of carbonyl (C=O) groups is 1. The number of rotatable bonds is 6. The number of benzene rings is 1. The number of fused-ring (bicyclic) bond motifs is 1. The second kappa shape index (κ2) is 6.63. The highest BCUT2D eigenvalue weighted by Crippen LogP contribution is 2.45. The van der Waals surface area contributed by atoms with Gasteiger partial charge in [-0.3, -0.25) is 0 Å². The summed E-state index contributed by atoms with van der Waals surface area (Å²) in [6.07, 6.45) is 2.10. The quantitative estimate of drug-likeness (QED) is 0.715. The van der Waals surface area contributed by atoms with Gasteiger partial charge < -0.3 is 14.1 Å². The lowest BCUT2D eigenvalue weighted by Gasteiger charge is -2.44. The van der Waals surface area contributed by atoms with E-state index in [0.29, 0.717) is 22.4 Å². The summed E-state index contributed by atoms with van der Waals surface area (Å²) >= 11 is 0. The number of aromatic nitrogens is 1. The van der Waals surface area contributed by atoms with Crippen LogP contribution in [0.3, 0.4) is 0 Å². The molecule has 0 bridgehead atoms. The van der Waals surface area contributed by atoms with E-state index in [9.17, 15) is 9.90 Å². The maximum atomic E-state index is 11.8. The van der Waals surface area contributed by atoms with Gasteiger partial charge in [0.2, 0.25) is 0 Å². The Morgan fingerprint density at radius 2 is 1.58 bits per heavy atom. The number of ether oxygens (including phenoxy) is 1. The van der Waals surface area contributed by atoms with Gasteiger partial charge in [0, 0.05) is 10.9 Å². The summed E-state index contributed by atoms with van der Waals surface area (Å²) in [5.74, 6) is -0.528. The van der Waals surface area contributed by atoms with E-state index in [1.165, 1.54) is 7.11 Å². The lowest BCUT2D eigenvalue weighted by atomic mass is 10.1. The summed E-state index contributed by atoms with van der Waals surface area (Å²) in [7, 11) is -0.404. The molecule has 0 radical (unpaired) electrons. The molecule has 1 aromatic heterocycles. The molecule has 4 nitrogen and oxygen atoms in total. The zero-order valence-electron chi connectivity index (χ0n) is 15.8. The minimum absolute atomic E-state index is 0.257. The largest absolute Gasteiger partial charge is 0.496 e. The van der Waals surface area contributed by atoms with Crippen molar-refractivity contribution in [1.82, 2.24) is 4.23 Å². The summed E-state index contributed by atoms with van der Waals surface area (Å²) in [5.41, 5.74) is 2.90. The monoisotopic (exact) mass is 347 g/mol. The SMILES string of the molecule is COc1ccc2c(ccn2[Si](C(C)C)(C(C)C)C(C)C)c1C(=O)O. The predicted molar refractivity (Wildman–Crippen MR) is 102 cm³/mol. The average molecular weight is 348 g/mol. The zero-order valence-corrected chi connectivity index (χ0v) is 16.8. The van der Waals surface area contributed by atoms with Gasteiger partial charge in [0.05, 0.1) is 7.11 Å². The molecular weight excluding hydrogens is 318 g/mol. The van der Waals surface area contributed by atoms with Crippen LogP contribution in [0.1, 0.15) is 51.9 Å². The molecule has 0 amide bonds. The van der Waals surface area contributed by atoms with Gasteiger partial charge in [-0.15, -0.1) is 0 Å². The third-order valence-corrected chi connectivity index (χ3v) is 12.2. The molecule has 0 unspecified atom stereocenters. The maximum absolute atomic E-state index is 11.8. The molecule has 1 aromatic carbocycles. The fraction of sp³-hybridized carbons (Fsp3) is 0.526. The van der Waals surface area contributed by atoms with E-state index in [0.717, 1.165) is 10.9 Å². The van der Waals surface area contributed by atoms with Crippen LogP contribution in [0.5, 0.6) is 5.75 Å². The van der Waals surface area contributed by atoms with Gasteiger partial charge in [-0.25, -0.2) is 4.79 Å². The highest BCUT2D eigenvalue weighted by atomic mass is 28.3. The Bertz CT molecular complexity index is 725. The fourth-order valence-corrected chi connectivity index (χ4v) is 11.4. The zero-order chi connectivity index (χ0) is 18.2. The Balaban J connectivity index is 2.87. The van der Waals surface area contributed by atoms with Crippen molar-refractivity contribution < 1.29 is 14.6 Å².